The maximum Gasteiger partial charge on any atom is 0.0786 e. The summed E-state index contributed by atoms with van der Waals surface area (Å²) < 4.78 is 5.34. The number of rotatable bonds is 4. The third-order valence-corrected chi connectivity index (χ3v) is 1.21. The van der Waals surface area contributed by atoms with Gasteiger partial charge >= 0.3 is 0 Å². The van der Waals surface area contributed by atoms with Crippen LogP contribution in [0.1, 0.15) is 27.2 Å². The van der Waals surface area contributed by atoms with Crippen molar-refractivity contribution in [1.29, 1.82) is 0 Å². The highest BCUT2D eigenvalue weighted by Crippen LogP contribution is 2.07. The van der Waals surface area contributed by atoms with Crippen LogP contribution in [0.15, 0.2) is 0 Å². The van der Waals surface area contributed by atoms with Gasteiger partial charge in [0.05, 0.1) is 18.3 Å². The highest BCUT2D eigenvalue weighted by Gasteiger charge is 2.12. The predicted octanol–water partition coefficient (Wildman–Crippen LogP) is 0.511. The fourth-order valence-electron chi connectivity index (χ4n) is 0.622. The van der Waals surface area contributed by atoms with Gasteiger partial charge in [-0.25, -0.2) is 0 Å². The molecule has 0 amide bonds. The normalized spacial score (nSPS) is 15.0. The van der Waals surface area contributed by atoms with E-state index in [1.165, 1.54) is 0 Å². The second-order valence-electron chi connectivity index (χ2n) is 3.65. The summed E-state index contributed by atoms with van der Waals surface area (Å²) in [6.07, 6.45) is 0.190. The van der Waals surface area contributed by atoms with Crippen molar-refractivity contribution in [3.05, 3.63) is 0 Å². The van der Waals surface area contributed by atoms with E-state index in [1.807, 2.05) is 20.8 Å². The highest BCUT2D eigenvalue weighted by atomic mass is 16.5. The van der Waals surface area contributed by atoms with Crippen LogP contribution in [-0.2, 0) is 4.74 Å². The zero-order valence-electron chi connectivity index (χ0n) is 7.63. The molecule has 1 unspecified atom stereocenters. The Kier molecular flexibility index (Phi) is 4.65. The monoisotopic (exact) mass is 161 g/mol. The van der Waals surface area contributed by atoms with Crippen molar-refractivity contribution in [2.45, 2.75) is 38.9 Å². The molecule has 0 saturated carbocycles. The van der Waals surface area contributed by atoms with Crippen LogP contribution in [0.25, 0.3) is 0 Å². The van der Waals surface area contributed by atoms with Crippen LogP contribution in [-0.4, -0.2) is 30.0 Å². The van der Waals surface area contributed by atoms with Gasteiger partial charge in [-0.2, -0.15) is 0 Å². The lowest BCUT2D eigenvalue weighted by Crippen LogP contribution is -2.27. The molecule has 0 aliphatic rings. The van der Waals surface area contributed by atoms with E-state index in [0.29, 0.717) is 19.6 Å². The minimum Gasteiger partial charge on any atom is -0.391 e. The molecular formula is C8H19NO2. The lowest BCUT2D eigenvalue weighted by molar-refractivity contribution is -0.0497. The molecule has 11 heavy (non-hydrogen) atoms. The number of hydrogen-bond acceptors (Lipinski definition) is 3. The van der Waals surface area contributed by atoms with E-state index < -0.39 is 6.10 Å². The molecule has 0 aromatic carbocycles. The molecule has 0 rings (SSSR count). The predicted molar refractivity (Wildman–Crippen MR) is 45.4 cm³/mol. The van der Waals surface area contributed by atoms with Gasteiger partial charge in [0.2, 0.25) is 0 Å². The fourth-order valence-corrected chi connectivity index (χ4v) is 0.622. The first-order valence-corrected chi connectivity index (χ1v) is 3.98. The van der Waals surface area contributed by atoms with Crippen molar-refractivity contribution >= 4 is 0 Å². The fraction of sp³-hybridized carbons (Fsp3) is 1.00. The lowest BCUT2D eigenvalue weighted by atomic mass is 10.2. The Balaban J connectivity index is 3.38. The average Bonchev–Trinajstić information content (AvgIpc) is 1.83. The Bertz CT molecular complexity index is 98.8. The molecule has 0 saturated heterocycles. The molecule has 0 aromatic rings. The molecule has 3 N–H and O–H groups in total. The topological polar surface area (TPSA) is 55.5 Å². The number of nitrogens with two attached hydrogens (primary N) is 1. The summed E-state index contributed by atoms with van der Waals surface area (Å²) in [5, 5.41) is 9.21. The quantitative estimate of drug-likeness (QED) is 0.631. The maximum atomic E-state index is 9.21. The van der Waals surface area contributed by atoms with Gasteiger partial charge in [-0.15, -0.1) is 0 Å². The first-order valence-electron chi connectivity index (χ1n) is 3.98. The molecular weight excluding hydrogens is 142 g/mol. The molecule has 1 atom stereocenters. The van der Waals surface area contributed by atoms with Crippen LogP contribution in [0, 0.1) is 0 Å². The van der Waals surface area contributed by atoms with Crippen LogP contribution in [0.5, 0.6) is 0 Å². The van der Waals surface area contributed by atoms with Gasteiger partial charge in [0.1, 0.15) is 0 Å². The van der Waals surface area contributed by atoms with E-state index in [-0.39, 0.29) is 5.60 Å². The SMILES string of the molecule is CC(C)(C)OCC(O)CCN. The summed E-state index contributed by atoms with van der Waals surface area (Å²) >= 11 is 0. The van der Waals surface area contributed by atoms with Crippen molar-refractivity contribution < 1.29 is 9.84 Å². The first kappa shape index (κ1) is 10.9. The van der Waals surface area contributed by atoms with E-state index in [0.717, 1.165) is 0 Å². The summed E-state index contributed by atoms with van der Waals surface area (Å²) in [6, 6.07) is 0. The summed E-state index contributed by atoms with van der Waals surface area (Å²) in [5.74, 6) is 0. The van der Waals surface area contributed by atoms with Gasteiger partial charge in [-0.1, -0.05) is 0 Å². The molecule has 0 aromatic heterocycles. The smallest absolute Gasteiger partial charge is 0.0786 e. The summed E-state index contributed by atoms with van der Waals surface area (Å²) in [5.41, 5.74) is 5.08. The zero-order chi connectivity index (χ0) is 8.91. The van der Waals surface area contributed by atoms with Crippen molar-refractivity contribution in [3.8, 4) is 0 Å². The Morgan fingerprint density at radius 3 is 2.36 bits per heavy atom. The number of aliphatic hydroxyl groups excluding tert-OH is 1. The van der Waals surface area contributed by atoms with Gasteiger partial charge in [0.25, 0.3) is 0 Å². The van der Waals surface area contributed by atoms with Crippen molar-refractivity contribution in [3.63, 3.8) is 0 Å². The van der Waals surface area contributed by atoms with Crippen LogP contribution in [0.2, 0.25) is 0 Å². The largest absolute Gasteiger partial charge is 0.391 e. The van der Waals surface area contributed by atoms with Crippen LogP contribution < -0.4 is 5.73 Å². The van der Waals surface area contributed by atoms with E-state index in [2.05, 4.69) is 0 Å². The minimum absolute atomic E-state index is 0.171. The molecule has 0 radical (unpaired) electrons. The first-order chi connectivity index (χ1) is 4.95. The summed E-state index contributed by atoms with van der Waals surface area (Å²) in [4.78, 5) is 0. The maximum absolute atomic E-state index is 9.21. The average molecular weight is 161 g/mol. The van der Waals surface area contributed by atoms with Gasteiger partial charge in [0.15, 0.2) is 0 Å². The second kappa shape index (κ2) is 4.70. The summed E-state index contributed by atoms with van der Waals surface area (Å²) in [6.45, 7) is 6.77. The molecule has 0 heterocycles. The van der Waals surface area contributed by atoms with Crippen molar-refractivity contribution in [2.75, 3.05) is 13.2 Å². The molecule has 3 nitrogen and oxygen atoms in total. The Morgan fingerprint density at radius 1 is 1.45 bits per heavy atom. The van der Waals surface area contributed by atoms with E-state index in [9.17, 15) is 5.11 Å². The standard InChI is InChI=1S/C8H19NO2/c1-8(2,3)11-6-7(10)4-5-9/h7,10H,4-6,9H2,1-3H3. The minimum atomic E-state index is -0.417. The van der Waals surface area contributed by atoms with E-state index in [1.54, 1.807) is 0 Å². The number of aliphatic hydroxyl groups is 1. The molecule has 0 fully saturated rings. The Labute approximate surface area is 68.5 Å². The van der Waals surface area contributed by atoms with Gasteiger partial charge in [-0.3, -0.25) is 0 Å². The second-order valence-corrected chi connectivity index (χ2v) is 3.65. The molecule has 3 heteroatoms. The van der Waals surface area contributed by atoms with E-state index >= 15 is 0 Å². The third-order valence-electron chi connectivity index (χ3n) is 1.21. The van der Waals surface area contributed by atoms with Gasteiger partial charge in [0, 0.05) is 0 Å². The molecule has 68 valence electrons. The Hall–Kier alpha value is -0.120. The molecule has 0 spiro atoms. The lowest BCUT2D eigenvalue weighted by Gasteiger charge is -2.21. The van der Waals surface area contributed by atoms with Gasteiger partial charge < -0.3 is 15.6 Å². The van der Waals surface area contributed by atoms with Crippen molar-refractivity contribution in [2.24, 2.45) is 5.73 Å². The summed E-state index contributed by atoms with van der Waals surface area (Å²) in [7, 11) is 0. The number of hydrogen-bond donors (Lipinski definition) is 2. The van der Waals surface area contributed by atoms with Crippen LogP contribution in [0.4, 0.5) is 0 Å². The van der Waals surface area contributed by atoms with Gasteiger partial charge in [-0.05, 0) is 33.7 Å². The highest BCUT2D eigenvalue weighted by molar-refractivity contribution is 4.62. The third kappa shape index (κ3) is 7.78. The van der Waals surface area contributed by atoms with E-state index in [4.69, 9.17) is 10.5 Å². The molecule has 0 bridgehead atoms. The van der Waals surface area contributed by atoms with Crippen LogP contribution >= 0.6 is 0 Å². The number of ether oxygens (including phenoxy) is 1. The zero-order valence-corrected chi connectivity index (χ0v) is 7.63. The van der Waals surface area contributed by atoms with Crippen molar-refractivity contribution in [1.82, 2.24) is 0 Å². The van der Waals surface area contributed by atoms with Crippen LogP contribution in [0.3, 0.4) is 0 Å². The molecule has 0 aliphatic heterocycles. The Morgan fingerprint density at radius 2 is 2.00 bits per heavy atom. The molecule has 0 aliphatic carbocycles.